The lowest BCUT2D eigenvalue weighted by Crippen LogP contribution is -2.46. The highest BCUT2D eigenvalue weighted by Crippen LogP contribution is 2.34. The van der Waals surface area contributed by atoms with Gasteiger partial charge in [-0.2, -0.15) is 0 Å². The number of benzene rings is 2. The fraction of sp³-hybridized carbons (Fsp3) is 0.238. The largest absolute Gasteiger partial charge is 0.457 e. The van der Waals surface area contributed by atoms with E-state index in [1.807, 2.05) is 55.5 Å². The normalized spacial score (nSPS) is 19.5. The summed E-state index contributed by atoms with van der Waals surface area (Å²) in [7, 11) is 0. The minimum absolute atomic E-state index is 0.193. The molecule has 2 aliphatic rings. The van der Waals surface area contributed by atoms with Crippen molar-refractivity contribution in [1.82, 2.24) is 10.6 Å². The predicted molar refractivity (Wildman–Crippen MR) is 105 cm³/mol. The standard InChI is InChI=1S/C21H20N2O2S/c1-13-5-9-15(10-6-13)25-16-11-7-14(8-12-16)20-19-17(22-21(26)23-20)3-2-4-18(19)24/h5-12,20H,2-4H2,1H3,(H2,22,23,26). The number of rotatable bonds is 3. The average molecular weight is 364 g/mol. The fourth-order valence-corrected chi connectivity index (χ4v) is 3.67. The number of carbonyl (C=O) groups excluding carboxylic acids is 1. The lowest BCUT2D eigenvalue weighted by Gasteiger charge is -2.33. The molecule has 5 heteroatoms. The van der Waals surface area contributed by atoms with Crippen LogP contribution in [0.5, 0.6) is 11.5 Å². The SMILES string of the molecule is Cc1ccc(Oc2ccc(C3NC(=S)NC4=C3C(=O)CCC4)cc2)cc1. The second-order valence-electron chi connectivity index (χ2n) is 6.68. The Morgan fingerprint density at radius 2 is 1.65 bits per heavy atom. The Morgan fingerprint density at radius 1 is 1.00 bits per heavy atom. The number of hydrogen-bond acceptors (Lipinski definition) is 3. The first-order valence-corrected chi connectivity index (χ1v) is 9.19. The van der Waals surface area contributed by atoms with Crippen LogP contribution in [0.25, 0.3) is 0 Å². The Labute approximate surface area is 158 Å². The van der Waals surface area contributed by atoms with Gasteiger partial charge in [-0.1, -0.05) is 29.8 Å². The quantitative estimate of drug-likeness (QED) is 0.795. The van der Waals surface area contributed by atoms with Crippen LogP contribution in [0.3, 0.4) is 0 Å². The molecule has 1 heterocycles. The van der Waals surface area contributed by atoms with Crippen LogP contribution in [0, 0.1) is 6.92 Å². The first-order chi connectivity index (χ1) is 12.6. The Hall–Kier alpha value is -2.66. The summed E-state index contributed by atoms with van der Waals surface area (Å²) in [5.74, 6) is 1.76. The van der Waals surface area contributed by atoms with Gasteiger partial charge in [0.25, 0.3) is 0 Å². The molecule has 0 saturated heterocycles. The van der Waals surface area contributed by atoms with Gasteiger partial charge in [-0.05, 0) is 61.8 Å². The predicted octanol–water partition coefficient (Wildman–Crippen LogP) is 4.31. The van der Waals surface area contributed by atoms with Crippen molar-refractivity contribution >= 4 is 23.1 Å². The summed E-state index contributed by atoms with van der Waals surface area (Å²) in [5, 5.41) is 6.96. The van der Waals surface area contributed by atoms with Gasteiger partial charge in [0, 0.05) is 17.7 Å². The zero-order chi connectivity index (χ0) is 18.1. The molecule has 0 bridgehead atoms. The molecule has 2 aromatic carbocycles. The lowest BCUT2D eigenvalue weighted by atomic mass is 9.85. The highest BCUT2D eigenvalue weighted by Gasteiger charge is 2.33. The zero-order valence-electron chi connectivity index (χ0n) is 14.5. The first-order valence-electron chi connectivity index (χ1n) is 8.78. The van der Waals surface area contributed by atoms with Crippen molar-refractivity contribution in [2.24, 2.45) is 0 Å². The molecule has 0 fully saturated rings. The van der Waals surface area contributed by atoms with Gasteiger partial charge < -0.3 is 15.4 Å². The molecule has 26 heavy (non-hydrogen) atoms. The number of nitrogens with one attached hydrogen (secondary N) is 2. The molecule has 2 aromatic rings. The van der Waals surface area contributed by atoms with Gasteiger partial charge in [-0.25, -0.2) is 0 Å². The summed E-state index contributed by atoms with van der Waals surface area (Å²) in [6, 6.07) is 15.6. The molecule has 1 aliphatic carbocycles. The third-order valence-corrected chi connectivity index (χ3v) is 4.97. The van der Waals surface area contributed by atoms with Crippen molar-refractivity contribution in [3.8, 4) is 11.5 Å². The van der Waals surface area contributed by atoms with Gasteiger partial charge in [-0.15, -0.1) is 0 Å². The molecule has 132 valence electrons. The number of ketones is 1. The van der Waals surface area contributed by atoms with Gasteiger partial charge in [0.1, 0.15) is 11.5 Å². The molecule has 0 radical (unpaired) electrons. The topological polar surface area (TPSA) is 50.4 Å². The third-order valence-electron chi connectivity index (χ3n) is 4.75. The van der Waals surface area contributed by atoms with Crippen LogP contribution >= 0.6 is 12.2 Å². The van der Waals surface area contributed by atoms with E-state index in [-0.39, 0.29) is 11.8 Å². The Morgan fingerprint density at radius 3 is 2.35 bits per heavy atom. The minimum atomic E-state index is -0.194. The number of Topliss-reactive ketones (excluding diaryl/α,β-unsaturated/α-hetero) is 1. The molecule has 0 aromatic heterocycles. The summed E-state index contributed by atoms with van der Waals surface area (Å²) in [4.78, 5) is 12.4. The second-order valence-corrected chi connectivity index (χ2v) is 7.09. The summed E-state index contributed by atoms with van der Waals surface area (Å²) >= 11 is 5.32. The van der Waals surface area contributed by atoms with E-state index in [4.69, 9.17) is 17.0 Å². The van der Waals surface area contributed by atoms with Crippen LogP contribution in [0.4, 0.5) is 0 Å². The van der Waals surface area contributed by atoms with Crippen LogP contribution in [0.1, 0.15) is 36.4 Å². The maximum absolute atomic E-state index is 12.4. The molecule has 2 N–H and O–H groups in total. The average Bonchev–Trinajstić information content (AvgIpc) is 2.64. The molecule has 4 nitrogen and oxygen atoms in total. The van der Waals surface area contributed by atoms with Crippen LogP contribution < -0.4 is 15.4 Å². The molecule has 0 saturated carbocycles. The van der Waals surface area contributed by atoms with E-state index < -0.39 is 0 Å². The van der Waals surface area contributed by atoms with Crippen LogP contribution in [0.2, 0.25) is 0 Å². The van der Waals surface area contributed by atoms with E-state index in [9.17, 15) is 4.79 Å². The highest BCUT2D eigenvalue weighted by molar-refractivity contribution is 7.80. The Kier molecular flexibility index (Phi) is 4.47. The number of allylic oxidation sites excluding steroid dienone is 1. The zero-order valence-corrected chi connectivity index (χ0v) is 15.4. The van der Waals surface area contributed by atoms with Gasteiger partial charge >= 0.3 is 0 Å². The molecular formula is C21H20N2O2S. The van der Waals surface area contributed by atoms with Gasteiger partial charge in [0.2, 0.25) is 0 Å². The number of ether oxygens (including phenoxy) is 1. The third kappa shape index (κ3) is 3.35. The smallest absolute Gasteiger partial charge is 0.171 e. The van der Waals surface area contributed by atoms with Crippen molar-refractivity contribution in [2.45, 2.75) is 32.2 Å². The number of carbonyl (C=O) groups is 1. The fourth-order valence-electron chi connectivity index (χ4n) is 3.43. The number of aryl methyl sites for hydroxylation is 1. The van der Waals surface area contributed by atoms with Gasteiger partial charge in [0.15, 0.2) is 10.9 Å². The van der Waals surface area contributed by atoms with Gasteiger partial charge in [0.05, 0.1) is 6.04 Å². The van der Waals surface area contributed by atoms with E-state index in [1.165, 1.54) is 5.56 Å². The van der Waals surface area contributed by atoms with Crippen molar-refractivity contribution < 1.29 is 9.53 Å². The lowest BCUT2D eigenvalue weighted by molar-refractivity contribution is -0.116. The molecule has 1 atom stereocenters. The van der Waals surface area contributed by atoms with Crippen molar-refractivity contribution in [1.29, 1.82) is 0 Å². The number of thiocarbonyl (C=S) groups is 1. The van der Waals surface area contributed by atoms with Gasteiger partial charge in [-0.3, -0.25) is 4.79 Å². The van der Waals surface area contributed by atoms with Crippen molar-refractivity contribution in [3.05, 3.63) is 70.9 Å². The minimum Gasteiger partial charge on any atom is -0.457 e. The Balaban J connectivity index is 1.58. The van der Waals surface area contributed by atoms with Crippen molar-refractivity contribution in [3.63, 3.8) is 0 Å². The highest BCUT2D eigenvalue weighted by atomic mass is 32.1. The molecule has 1 aliphatic heterocycles. The van der Waals surface area contributed by atoms with E-state index in [0.29, 0.717) is 11.5 Å². The molecule has 0 spiro atoms. The Bertz CT molecular complexity index is 885. The second kappa shape index (κ2) is 6.92. The monoisotopic (exact) mass is 364 g/mol. The molecule has 1 unspecified atom stereocenters. The molecule has 0 amide bonds. The number of hydrogen-bond donors (Lipinski definition) is 2. The summed E-state index contributed by atoms with van der Waals surface area (Å²) in [6.45, 7) is 2.05. The first kappa shape index (κ1) is 16.8. The summed E-state index contributed by atoms with van der Waals surface area (Å²) in [6.07, 6.45) is 2.34. The maximum atomic E-state index is 12.4. The van der Waals surface area contributed by atoms with Crippen LogP contribution in [-0.4, -0.2) is 10.9 Å². The molecular weight excluding hydrogens is 344 g/mol. The van der Waals surface area contributed by atoms with E-state index in [2.05, 4.69) is 10.6 Å². The molecule has 4 rings (SSSR count). The maximum Gasteiger partial charge on any atom is 0.171 e. The van der Waals surface area contributed by atoms with E-state index in [0.717, 1.165) is 41.2 Å². The van der Waals surface area contributed by atoms with Crippen molar-refractivity contribution in [2.75, 3.05) is 0 Å². The van der Waals surface area contributed by atoms with E-state index in [1.54, 1.807) is 0 Å². The summed E-state index contributed by atoms with van der Waals surface area (Å²) < 4.78 is 5.89. The van der Waals surface area contributed by atoms with Crippen LogP contribution in [0.15, 0.2) is 59.8 Å². The van der Waals surface area contributed by atoms with Crippen LogP contribution in [-0.2, 0) is 4.79 Å². The summed E-state index contributed by atoms with van der Waals surface area (Å²) in [5.41, 5.74) is 3.99. The van der Waals surface area contributed by atoms with E-state index >= 15 is 0 Å².